The van der Waals surface area contributed by atoms with Crippen molar-refractivity contribution < 1.29 is 4.74 Å². The molecule has 0 saturated heterocycles. The van der Waals surface area contributed by atoms with Crippen LogP contribution in [0.3, 0.4) is 0 Å². The van der Waals surface area contributed by atoms with E-state index in [1.165, 1.54) is 4.57 Å². The predicted molar refractivity (Wildman–Crippen MR) is 147 cm³/mol. The number of ether oxygens (including phenoxy) is 1. The smallest absolute Gasteiger partial charge is 0.355 e. The Morgan fingerprint density at radius 3 is 2.30 bits per heavy atom. The number of nitrogen functional groups attached to an aromatic ring is 1. The molecule has 0 unspecified atom stereocenters. The number of nitrogens with two attached hydrogens (primary N) is 2. The largest absolute Gasteiger partial charge is 0.497 e. The third-order valence-corrected chi connectivity index (χ3v) is 6.29. The lowest BCUT2D eigenvalue weighted by Crippen LogP contribution is -2.43. The van der Waals surface area contributed by atoms with Gasteiger partial charge in [-0.2, -0.15) is 4.98 Å². The molecule has 5 N–H and O–H groups in total. The van der Waals surface area contributed by atoms with Gasteiger partial charge in [0, 0.05) is 23.2 Å². The van der Waals surface area contributed by atoms with E-state index in [-0.39, 0.29) is 25.6 Å². The molecule has 0 bridgehead atoms. The average Bonchev–Trinajstić information content (AvgIpc) is 2.92. The van der Waals surface area contributed by atoms with Crippen molar-refractivity contribution in [2.45, 2.75) is 19.6 Å². The van der Waals surface area contributed by atoms with Crippen molar-refractivity contribution in [1.82, 2.24) is 19.1 Å². The number of rotatable bonds is 10. The third kappa shape index (κ3) is 6.08. The standard InChI is InChI=1S/C26H27N7O3S/c1-17(37-28)20-9-5-18(6-10-20)16-33-25(34)31-24(30-14-21-4-3-13-29-23(21)27)32(26(33)35)15-19-7-11-22(36-2)12-8-19/h3-13H,1,14-16,28H2,2H3,(H2,27,29)(H,30,31,34). The maximum atomic E-state index is 13.6. The highest BCUT2D eigenvalue weighted by molar-refractivity contribution is 8.06. The van der Waals surface area contributed by atoms with Crippen molar-refractivity contribution in [1.29, 1.82) is 0 Å². The maximum absolute atomic E-state index is 13.6. The van der Waals surface area contributed by atoms with E-state index in [0.717, 1.165) is 38.1 Å². The molecule has 4 aromatic rings. The van der Waals surface area contributed by atoms with Crippen LogP contribution >= 0.6 is 11.9 Å². The highest BCUT2D eigenvalue weighted by atomic mass is 32.2. The second-order valence-corrected chi connectivity index (χ2v) is 8.89. The Kier molecular flexibility index (Phi) is 8.06. The third-order valence-electron chi connectivity index (χ3n) is 5.77. The molecule has 0 radical (unpaired) electrons. The minimum Gasteiger partial charge on any atom is -0.497 e. The number of hydrogen-bond donors (Lipinski definition) is 3. The minimum absolute atomic E-state index is 0.0611. The van der Waals surface area contributed by atoms with E-state index in [0.29, 0.717) is 17.1 Å². The second kappa shape index (κ2) is 11.6. The van der Waals surface area contributed by atoms with E-state index >= 15 is 0 Å². The second-order valence-electron chi connectivity index (χ2n) is 8.16. The number of anilines is 2. The van der Waals surface area contributed by atoms with Crippen LogP contribution in [0, 0.1) is 0 Å². The first-order valence-corrected chi connectivity index (χ1v) is 12.2. The Balaban J connectivity index is 1.70. The van der Waals surface area contributed by atoms with Crippen molar-refractivity contribution in [3.8, 4) is 5.75 Å². The lowest BCUT2D eigenvalue weighted by molar-refractivity contribution is 0.414. The molecule has 37 heavy (non-hydrogen) atoms. The molecule has 0 spiro atoms. The van der Waals surface area contributed by atoms with Gasteiger partial charge in [-0.25, -0.2) is 19.1 Å². The van der Waals surface area contributed by atoms with Crippen LogP contribution in [0.2, 0.25) is 0 Å². The number of pyridine rings is 1. The summed E-state index contributed by atoms with van der Waals surface area (Å²) >= 11 is 1.06. The quantitative estimate of drug-likeness (QED) is 0.271. The van der Waals surface area contributed by atoms with Gasteiger partial charge in [-0.05, 0) is 46.8 Å². The molecule has 2 aromatic carbocycles. The molecule has 4 rings (SSSR count). The Labute approximate surface area is 217 Å². The van der Waals surface area contributed by atoms with Crippen LogP contribution in [0.1, 0.15) is 22.3 Å². The zero-order chi connectivity index (χ0) is 26.4. The molecular formula is C26H27N7O3S. The summed E-state index contributed by atoms with van der Waals surface area (Å²) in [4.78, 5) is 35.6. The van der Waals surface area contributed by atoms with Gasteiger partial charge >= 0.3 is 11.4 Å². The normalized spacial score (nSPS) is 10.8. The molecule has 0 saturated carbocycles. The summed E-state index contributed by atoms with van der Waals surface area (Å²) in [7, 11) is 1.59. The molecule has 0 amide bonds. The Morgan fingerprint density at radius 1 is 1.03 bits per heavy atom. The van der Waals surface area contributed by atoms with Crippen LogP contribution in [-0.4, -0.2) is 26.2 Å². The molecule has 10 nitrogen and oxygen atoms in total. The molecule has 0 aliphatic rings. The molecule has 11 heteroatoms. The molecule has 2 heterocycles. The van der Waals surface area contributed by atoms with Crippen LogP contribution in [0.5, 0.6) is 5.75 Å². The fourth-order valence-corrected chi connectivity index (χ4v) is 3.95. The van der Waals surface area contributed by atoms with Crippen LogP contribution in [-0.2, 0) is 19.6 Å². The van der Waals surface area contributed by atoms with Gasteiger partial charge in [-0.15, -0.1) is 0 Å². The lowest BCUT2D eigenvalue weighted by Gasteiger charge is -2.16. The first kappa shape index (κ1) is 25.7. The van der Waals surface area contributed by atoms with Crippen LogP contribution < -0.4 is 32.3 Å². The van der Waals surface area contributed by atoms with Gasteiger partial charge in [0.15, 0.2) is 0 Å². The summed E-state index contributed by atoms with van der Waals surface area (Å²) in [5, 5.41) is 8.66. The summed E-state index contributed by atoms with van der Waals surface area (Å²) in [5.74, 6) is 1.19. The van der Waals surface area contributed by atoms with Crippen LogP contribution in [0.25, 0.3) is 4.91 Å². The van der Waals surface area contributed by atoms with E-state index in [2.05, 4.69) is 21.9 Å². The van der Waals surface area contributed by atoms with E-state index in [1.807, 2.05) is 54.6 Å². The Hall–Kier alpha value is -4.35. The number of benzene rings is 2. The monoisotopic (exact) mass is 517 g/mol. The van der Waals surface area contributed by atoms with Gasteiger partial charge < -0.3 is 15.8 Å². The maximum Gasteiger partial charge on any atom is 0.355 e. The highest BCUT2D eigenvalue weighted by Crippen LogP contribution is 2.21. The summed E-state index contributed by atoms with van der Waals surface area (Å²) in [6, 6.07) is 18.2. The fourth-order valence-electron chi connectivity index (χ4n) is 3.68. The number of nitrogens with zero attached hydrogens (tertiary/aromatic N) is 4. The van der Waals surface area contributed by atoms with Gasteiger partial charge in [0.1, 0.15) is 11.6 Å². The fraction of sp³-hybridized carbons (Fsp3) is 0.154. The molecular weight excluding hydrogens is 490 g/mol. The SMILES string of the molecule is C=C(SN)c1ccc(Cn2c(=O)nc(NCc3cccnc3N)n(Cc3ccc(OC)cc3)c2=O)cc1. The first-order valence-electron chi connectivity index (χ1n) is 11.3. The van der Waals surface area contributed by atoms with Gasteiger partial charge in [-0.3, -0.25) is 9.71 Å². The molecule has 0 atom stereocenters. The van der Waals surface area contributed by atoms with Gasteiger partial charge in [0.2, 0.25) is 5.95 Å². The Morgan fingerprint density at radius 2 is 1.68 bits per heavy atom. The molecule has 2 aromatic heterocycles. The topological polar surface area (TPSA) is 143 Å². The van der Waals surface area contributed by atoms with Crippen molar-refractivity contribution in [3.63, 3.8) is 0 Å². The minimum atomic E-state index is -0.663. The van der Waals surface area contributed by atoms with Crippen molar-refractivity contribution >= 4 is 28.6 Å². The number of nitrogens with one attached hydrogen (secondary N) is 1. The zero-order valence-corrected chi connectivity index (χ0v) is 21.1. The molecule has 0 fully saturated rings. The van der Waals surface area contributed by atoms with E-state index in [1.54, 1.807) is 19.4 Å². The van der Waals surface area contributed by atoms with Crippen LogP contribution in [0.4, 0.5) is 11.8 Å². The zero-order valence-electron chi connectivity index (χ0n) is 20.3. The predicted octanol–water partition coefficient (Wildman–Crippen LogP) is 2.68. The summed E-state index contributed by atoms with van der Waals surface area (Å²) in [5.41, 5.74) is 7.97. The number of methoxy groups -OCH3 is 1. The lowest BCUT2D eigenvalue weighted by atomic mass is 10.1. The number of hydrogen-bond acceptors (Lipinski definition) is 9. The summed E-state index contributed by atoms with van der Waals surface area (Å²) < 4.78 is 7.76. The first-order chi connectivity index (χ1) is 17.9. The summed E-state index contributed by atoms with van der Waals surface area (Å²) in [6.45, 7) is 4.38. The van der Waals surface area contributed by atoms with Crippen LogP contribution in [0.15, 0.2) is 83.0 Å². The van der Waals surface area contributed by atoms with Gasteiger partial charge in [0.05, 0.1) is 20.2 Å². The highest BCUT2D eigenvalue weighted by Gasteiger charge is 2.15. The van der Waals surface area contributed by atoms with Crippen molar-refractivity contribution in [2.24, 2.45) is 5.14 Å². The Bertz CT molecular complexity index is 1510. The van der Waals surface area contributed by atoms with E-state index < -0.39 is 11.4 Å². The number of aromatic nitrogens is 4. The van der Waals surface area contributed by atoms with Crippen molar-refractivity contribution in [2.75, 3.05) is 18.2 Å². The van der Waals surface area contributed by atoms with Crippen molar-refractivity contribution in [3.05, 3.63) is 117 Å². The average molecular weight is 518 g/mol. The van der Waals surface area contributed by atoms with Gasteiger partial charge in [0.25, 0.3) is 0 Å². The van der Waals surface area contributed by atoms with E-state index in [4.69, 9.17) is 15.6 Å². The van der Waals surface area contributed by atoms with Gasteiger partial charge in [-0.1, -0.05) is 49.0 Å². The molecule has 190 valence electrons. The molecule has 0 aliphatic carbocycles. The summed E-state index contributed by atoms with van der Waals surface area (Å²) in [6.07, 6.45) is 1.59. The molecule has 0 aliphatic heterocycles. The van der Waals surface area contributed by atoms with E-state index in [9.17, 15) is 9.59 Å².